The summed E-state index contributed by atoms with van der Waals surface area (Å²) in [7, 11) is 0. The SMILES string of the molecule is N#C/C(=C\c1ccc([O-])c([N+](=O)[O-])c1)c1ccc(Cl)cc1. The zero-order valence-corrected chi connectivity index (χ0v) is 11.4. The zero-order valence-electron chi connectivity index (χ0n) is 10.6. The van der Waals surface area contributed by atoms with Gasteiger partial charge in [-0.2, -0.15) is 5.26 Å². The predicted molar refractivity (Wildman–Crippen MR) is 77.5 cm³/mol. The van der Waals surface area contributed by atoms with Crippen LogP contribution in [0.5, 0.6) is 5.75 Å². The first-order valence-electron chi connectivity index (χ1n) is 5.84. The molecule has 2 aromatic rings. The van der Waals surface area contributed by atoms with E-state index in [1.54, 1.807) is 24.3 Å². The van der Waals surface area contributed by atoms with Crippen LogP contribution < -0.4 is 5.11 Å². The summed E-state index contributed by atoms with van der Waals surface area (Å²) in [6.45, 7) is 0. The Morgan fingerprint density at radius 2 is 1.90 bits per heavy atom. The fraction of sp³-hybridized carbons (Fsp3) is 0. The van der Waals surface area contributed by atoms with Crippen LogP contribution in [0.25, 0.3) is 11.6 Å². The van der Waals surface area contributed by atoms with Gasteiger partial charge >= 0.3 is 0 Å². The second-order valence-electron chi connectivity index (χ2n) is 4.16. The van der Waals surface area contributed by atoms with Gasteiger partial charge in [-0.3, -0.25) is 10.1 Å². The quantitative estimate of drug-likeness (QED) is 0.376. The van der Waals surface area contributed by atoms with Gasteiger partial charge in [0.15, 0.2) is 0 Å². The maximum atomic E-state index is 11.3. The van der Waals surface area contributed by atoms with Gasteiger partial charge in [-0.25, -0.2) is 0 Å². The van der Waals surface area contributed by atoms with E-state index in [4.69, 9.17) is 11.6 Å². The van der Waals surface area contributed by atoms with Crippen LogP contribution in [-0.2, 0) is 0 Å². The second kappa shape index (κ2) is 6.07. The number of hydrogen-bond donors (Lipinski definition) is 0. The average Bonchev–Trinajstić information content (AvgIpc) is 2.47. The van der Waals surface area contributed by atoms with Gasteiger partial charge in [0, 0.05) is 11.1 Å². The minimum atomic E-state index is -0.742. The van der Waals surface area contributed by atoms with Crippen LogP contribution in [0, 0.1) is 21.4 Å². The zero-order chi connectivity index (χ0) is 15.4. The first kappa shape index (κ1) is 14.6. The summed E-state index contributed by atoms with van der Waals surface area (Å²) >= 11 is 5.78. The summed E-state index contributed by atoms with van der Waals surface area (Å²) in [5.41, 5.74) is 0.848. The van der Waals surface area contributed by atoms with Gasteiger partial charge in [-0.15, -0.1) is 0 Å². The van der Waals surface area contributed by atoms with Crippen molar-refractivity contribution < 1.29 is 10.0 Å². The third-order valence-electron chi connectivity index (χ3n) is 2.77. The van der Waals surface area contributed by atoms with Crippen molar-refractivity contribution in [2.45, 2.75) is 0 Å². The van der Waals surface area contributed by atoms with Crippen LogP contribution in [0.15, 0.2) is 42.5 Å². The number of nitrogens with zero attached hydrogens (tertiary/aromatic N) is 2. The molecule has 0 aliphatic heterocycles. The second-order valence-corrected chi connectivity index (χ2v) is 4.60. The van der Waals surface area contributed by atoms with Crippen molar-refractivity contribution in [3.63, 3.8) is 0 Å². The molecule has 0 saturated heterocycles. The highest BCUT2D eigenvalue weighted by Gasteiger charge is 2.08. The Morgan fingerprint density at radius 3 is 2.48 bits per heavy atom. The normalized spacial score (nSPS) is 11.0. The molecule has 0 fully saturated rings. The molecule has 0 spiro atoms. The van der Waals surface area contributed by atoms with Gasteiger partial charge in [-0.05, 0) is 35.1 Å². The molecule has 0 aromatic heterocycles. The lowest BCUT2D eigenvalue weighted by Gasteiger charge is -2.07. The first-order chi connectivity index (χ1) is 10.0. The minimum absolute atomic E-state index is 0.319. The molecule has 2 rings (SSSR count). The maximum absolute atomic E-state index is 11.3. The summed E-state index contributed by atoms with van der Waals surface area (Å²) in [5, 5.41) is 31.8. The number of allylic oxidation sites excluding steroid dienone is 1. The summed E-state index contributed by atoms with van der Waals surface area (Å²) in [6.07, 6.45) is 1.48. The van der Waals surface area contributed by atoms with E-state index < -0.39 is 16.4 Å². The molecule has 5 nitrogen and oxygen atoms in total. The third-order valence-corrected chi connectivity index (χ3v) is 3.02. The largest absolute Gasteiger partial charge is 0.868 e. The molecule has 0 heterocycles. The standard InChI is InChI=1S/C15H9ClN2O3/c16-13-4-2-11(3-5-13)12(9-17)7-10-1-6-15(19)14(8-10)18(20)21/h1-8,19H/p-1/b12-7+. The number of nitro groups is 1. The number of rotatable bonds is 3. The number of hydrogen-bond acceptors (Lipinski definition) is 4. The van der Waals surface area contributed by atoms with E-state index in [1.165, 1.54) is 12.1 Å². The van der Waals surface area contributed by atoms with Crippen molar-refractivity contribution in [3.8, 4) is 11.8 Å². The molecule has 0 aliphatic carbocycles. The van der Waals surface area contributed by atoms with Gasteiger partial charge in [0.1, 0.15) is 0 Å². The number of benzene rings is 2. The Hall–Kier alpha value is -2.84. The summed E-state index contributed by atoms with van der Waals surface area (Å²) in [5.74, 6) is -0.665. The van der Waals surface area contributed by atoms with Gasteiger partial charge in [0.05, 0.1) is 16.6 Å². The van der Waals surface area contributed by atoms with E-state index in [1.807, 2.05) is 6.07 Å². The van der Waals surface area contributed by atoms with E-state index in [-0.39, 0.29) is 0 Å². The summed E-state index contributed by atoms with van der Waals surface area (Å²) in [4.78, 5) is 10.00. The highest BCUT2D eigenvalue weighted by atomic mass is 35.5. The smallest absolute Gasteiger partial charge is 0.262 e. The molecule has 0 aliphatic rings. The highest BCUT2D eigenvalue weighted by molar-refractivity contribution is 6.30. The molecule has 0 bridgehead atoms. The summed E-state index contributed by atoms with van der Waals surface area (Å²) in [6, 6.07) is 12.4. The van der Waals surface area contributed by atoms with Crippen LogP contribution in [0.2, 0.25) is 5.02 Å². The molecule has 0 atom stereocenters. The molecule has 0 radical (unpaired) electrons. The van der Waals surface area contributed by atoms with Crippen LogP contribution in [0.4, 0.5) is 5.69 Å². The maximum Gasteiger partial charge on any atom is 0.262 e. The topological polar surface area (TPSA) is 90.0 Å². The lowest BCUT2D eigenvalue weighted by Crippen LogP contribution is -1.97. The van der Waals surface area contributed by atoms with E-state index in [2.05, 4.69) is 0 Å². The van der Waals surface area contributed by atoms with Crippen molar-refractivity contribution in [1.29, 1.82) is 5.26 Å². The lowest BCUT2D eigenvalue weighted by molar-refractivity contribution is -0.398. The number of halogens is 1. The van der Waals surface area contributed by atoms with E-state index in [0.717, 1.165) is 12.1 Å². The Bertz CT molecular complexity index is 761. The molecule has 6 heteroatoms. The van der Waals surface area contributed by atoms with Crippen molar-refractivity contribution in [1.82, 2.24) is 0 Å². The molecule has 2 aromatic carbocycles. The first-order valence-corrected chi connectivity index (χ1v) is 6.22. The summed E-state index contributed by atoms with van der Waals surface area (Å²) < 4.78 is 0. The fourth-order valence-electron chi connectivity index (χ4n) is 1.74. The van der Waals surface area contributed by atoms with Gasteiger partial charge in [-0.1, -0.05) is 35.9 Å². The predicted octanol–water partition coefficient (Wildman–Crippen LogP) is 3.39. The molecular weight excluding hydrogens is 292 g/mol. The van der Waals surface area contributed by atoms with Crippen molar-refractivity contribution in [3.05, 3.63) is 68.7 Å². The van der Waals surface area contributed by atoms with E-state index in [9.17, 15) is 20.5 Å². The fourth-order valence-corrected chi connectivity index (χ4v) is 1.87. The van der Waals surface area contributed by atoms with Crippen molar-refractivity contribution >= 4 is 28.9 Å². The average molecular weight is 300 g/mol. The molecule has 0 amide bonds. The molecule has 21 heavy (non-hydrogen) atoms. The number of nitriles is 1. The van der Waals surface area contributed by atoms with E-state index >= 15 is 0 Å². The number of nitro benzene ring substituents is 1. The minimum Gasteiger partial charge on any atom is -0.868 e. The Morgan fingerprint density at radius 1 is 1.24 bits per heavy atom. The van der Waals surface area contributed by atoms with Gasteiger partial charge < -0.3 is 5.11 Å². The van der Waals surface area contributed by atoms with Gasteiger partial charge in [0.25, 0.3) is 5.69 Å². The van der Waals surface area contributed by atoms with Crippen molar-refractivity contribution in [2.75, 3.05) is 0 Å². The molecule has 104 valence electrons. The molecule has 0 unspecified atom stereocenters. The third kappa shape index (κ3) is 3.38. The van der Waals surface area contributed by atoms with Crippen LogP contribution in [0.3, 0.4) is 0 Å². The van der Waals surface area contributed by atoms with Crippen LogP contribution >= 0.6 is 11.6 Å². The van der Waals surface area contributed by atoms with Gasteiger partial charge in [0.2, 0.25) is 0 Å². The Kier molecular flexibility index (Phi) is 4.21. The molecule has 0 N–H and O–H groups in total. The van der Waals surface area contributed by atoms with E-state index in [0.29, 0.717) is 21.7 Å². The van der Waals surface area contributed by atoms with Crippen LogP contribution in [0.1, 0.15) is 11.1 Å². The monoisotopic (exact) mass is 299 g/mol. The molecular formula is C15H8ClN2O3-. The highest BCUT2D eigenvalue weighted by Crippen LogP contribution is 2.26. The lowest BCUT2D eigenvalue weighted by atomic mass is 10.0. The Labute approximate surface area is 125 Å². The molecule has 0 saturated carbocycles. The van der Waals surface area contributed by atoms with Crippen LogP contribution in [-0.4, -0.2) is 4.92 Å². The van der Waals surface area contributed by atoms with Crippen molar-refractivity contribution in [2.24, 2.45) is 0 Å². The Balaban J connectivity index is 2.46.